The lowest BCUT2D eigenvalue weighted by Crippen LogP contribution is -2.43. The highest BCUT2D eigenvalue weighted by atomic mass is 32.2. The molecule has 2 heterocycles. The van der Waals surface area contributed by atoms with Gasteiger partial charge in [-0.2, -0.15) is 4.31 Å². The molecule has 1 amide bonds. The van der Waals surface area contributed by atoms with E-state index in [9.17, 15) is 13.2 Å². The van der Waals surface area contributed by atoms with Gasteiger partial charge in [0.1, 0.15) is 5.76 Å². The van der Waals surface area contributed by atoms with E-state index in [0.717, 1.165) is 42.3 Å². The Kier molecular flexibility index (Phi) is 6.20. The van der Waals surface area contributed by atoms with Crippen LogP contribution in [-0.2, 0) is 14.8 Å². The van der Waals surface area contributed by atoms with Crippen molar-refractivity contribution in [2.45, 2.75) is 25.3 Å². The number of carbonyl (C=O) groups excluding carboxylic acids is 1. The highest BCUT2D eigenvalue weighted by Crippen LogP contribution is 2.24. The van der Waals surface area contributed by atoms with Crippen LogP contribution in [0.2, 0.25) is 0 Å². The fraction of sp³-hybridized carbons (Fsp3) is 0.667. The number of nitrogens with one attached hydrogen (secondary N) is 1. The topological polar surface area (TPSA) is 82.9 Å². The summed E-state index contributed by atoms with van der Waals surface area (Å²) in [6, 6.07) is 3.73. The summed E-state index contributed by atoms with van der Waals surface area (Å²) in [5.74, 6) is 0.509. The van der Waals surface area contributed by atoms with Gasteiger partial charge in [-0.3, -0.25) is 9.69 Å². The molecular weight excluding hydrogens is 318 g/mol. The lowest BCUT2D eigenvalue weighted by molar-refractivity contribution is -0.121. The molecule has 1 aromatic rings. The molecule has 23 heavy (non-hydrogen) atoms. The van der Waals surface area contributed by atoms with Crippen LogP contribution in [0, 0.1) is 0 Å². The standard InChI is InChI=1S/C15H25N3O4S/c1-17(23(2,20)21)12-15(19)16-11-13(14-7-6-10-22-14)18-8-4-3-5-9-18/h6-7,10,13H,3-5,8-9,11-12H2,1-2H3,(H,16,19). The molecule has 1 N–H and O–H groups in total. The first-order valence-electron chi connectivity index (χ1n) is 7.83. The van der Waals surface area contributed by atoms with Crippen molar-refractivity contribution >= 4 is 15.9 Å². The van der Waals surface area contributed by atoms with Crippen LogP contribution in [0.15, 0.2) is 22.8 Å². The number of likely N-dealkylation sites (tertiary alicyclic amines) is 1. The van der Waals surface area contributed by atoms with Crippen LogP contribution in [0.5, 0.6) is 0 Å². The molecule has 0 bridgehead atoms. The highest BCUT2D eigenvalue weighted by Gasteiger charge is 2.25. The molecule has 1 aliphatic heterocycles. The molecule has 1 unspecified atom stereocenters. The molecule has 1 fully saturated rings. The molecule has 130 valence electrons. The molecule has 0 aliphatic carbocycles. The summed E-state index contributed by atoms with van der Waals surface area (Å²) in [6.07, 6.45) is 6.22. The maximum absolute atomic E-state index is 12.0. The van der Waals surface area contributed by atoms with Gasteiger partial charge in [-0.25, -0.2) is 8.42 Å². The fourth-order valence-electron chi connectivity index (χ4n) is 2.71. The molecule has 1 aromatic heterocycles. The summed E-state index contributed by atoms with van der Waals surface area (Å²) < 4.78 is 29.3. The van der Waals surface area contributed by atoms with Crippen LogP contribution in [0.4, 0.5) is 0 Å². The van der Waals surface area contributed by atoms with Crippen molar-refractivity contribution in [2.75, 3.05) is 39.5 Å². The zero-order chi connectivity index (χ0) is 16.9. The van der Waals surface area contributed by atoms with Crippen molar-refractivity contribution in [1.29, 1.82) is 0 Å². The fourth-order valence-corrected chi connectivity index (χ4v) is 3.06. The predicted octanol–water partition coefficient (Wildman–Crippen LogP) is 0.814. The van der Waals surface area contributed by atoms with Gasteiger partial charge in [-0.1, -0.05) is 6.42 Å². The van der Waals surface area contributed by atoms with Gasteiger partial charge in [0.15, 0.2) is 0 Å². The Labute approximate surface area is 137 Å². The third-order valence-electron chi connectivity index (χ3n) is 4.13. The van der Waals surface area contributed by atoms with Crippen LogP contribution in [0.25, 0.3) is 0 Å². The van der Waals surface area contributed by atoms with Crippen molar-refractivity contribution in [1.82, 2.24) is 14.5 Å². The number of nitrogens with zero attached hydrogens (tertiary/aromatic N) is 2. The quantitative estimate of drug-likeness (QED) is 0.792. The van der Waals surface area contributed by atoms with E-state index < -0.39 is 10.0 Å². The summed E-state index contributed by atoms with van der Waals surface area (Å²) in [6.45, 7) is 2.18. The second-order valence-corrected chi connectivity index (χ2v) is 8.04. The summed E-state index contributed by atoms with van der Waals surface area (Å²) in [5.41, 5.74) is 0. The first-order chi connectivity index (χ1) is 10.9. The Bertz CT molecular complexity index is 594. The van der Waals surface area contributed by atoms with E-state index in [1.54, 1.807) is 6.26 Å². The molecule has 7 nitrogen and oxygen atoms in total. The number of likely N-dealkylation sites (N-methyl/N-ethyl adjacent to an activating group) is 1. The van der Waals surface area contributed by atoms with Gasteiger partial charge >= 0.3 is 0 Å². The second kappa shape index (κ2) is 7.94. The van der Waals surface area contributed by atoms with E-state index in [-0.39, 0.29) is 18.5 Å². The summed E-state index contributed by atoms with van der Waals surface area (Å²) in [5, 5.41) is 2.82. The van der Waals surface area contributed by atoms with E-state index >= 15 is 0 Å². The molecule has 2 rings (SSSR count). The van der Waals surface area contributed by atoms with Gasteiger partial charge in [-0.05, 0) is 38.1 Å². The predicted molar refractivity (Wildman–Crippen MR) is 87.4 cm³/mol. The van der Waals surface area contributed by atoms with Crippen molar-refractivity contribution in [2.24, 2.45) is 0 Å². The summed E-state index contributed by atoms with van der Waals surface area (Å²) >= 11 is 0. The van der Waals surface area contributed by atoms with Crippen molar-refractivity contribution in [3.8, 4) is 0 Å². The van der Waals surface area contributed by atoms with Crippen molar-refractivity contribution in [3.05, 3.63) is 24.2 Å². The molecule has 0 radical (unpaired) electrons. The summed E-state index contributed by atoms with van der Waals surface area (Å²) in [7, 11) is -1.96. The van der Waals surface area contributed by atoms with Gasteiger partial charge in [-0.15, -0.1) is 0 Å². The third kappa shape index (κ3) is 5.33. The van der Waals surface area contributed by atoms with Crippen LogP contribution in [0.3, 0.4) is 0 Å². The number of rotatable bonds is 7. The van der Waals surface area contributed by atoms with E-state index in [1.165, 1.54) is 13.5 Å². The second-order valence-electron chi connectivity index (χ2n) is 5.95. The van der Waals surface area contributed by atoms with E-state index in [2.05, 4.69) is 10.2 Å². The van der Waals surface area contributed by atoms with Gasteiger partial charge in [0.2, 0.25) is 15.9 Å². The minimum absolute atomic E-state index is 0.0159. The van der Waals surface area contributed by atoms with Crippen LogP contribution in [0.1, 0.15) is 31.1 Å². The Morgan fingerprint density at radius 3 is 2.65 bits per heavy atom. The van der Waals surface area contributed by atoms with E-state index in [0.29, 0.717) is 6.54 Å². The Morgan fingerprint density at radius 2 is 2.09 bits per heavy atom. The molecule has 0 spiro atoms. The highest BCUT2D eigenvalue weighted by molar-refractivity contribution is 7.88. The largest absolute Gasteiger partial charge is 0.468 e. The molecule has 1 saturated heterocycles. The van der Waals surface area contributed by atoms with Gasteiger partial charge in [0.25, 0.3) is 0 Å². The van der Waals surface area contributed by atoms with E-state index in [4.69, 9.17) is 4.42 Å². The van der Waals surface area contributed by atoms with E-state index in [1.807, 2.05) is 12.1 Å². The monoisotopic (exact) mass is 343 g/mol. The number of carbonyl (C=O) groups is 1. The number of piperidine rings is 1. The van der Waals surface area contributed by atoms with Crippen LogP contribution >= 0.6 is 0 Å². The molecule has 0 aromatic carbocycles. The maximum atomic E-state index is 12.0. The Balaban J connectivity index is 1.94. The van der Waals surface area contributed by atoms with Gasteiger partial charge in [0.05, 0.1) is 25.1 Å². The van der Waals surface area contributed by atoms with Gasteiger partial charge in [0, 0.05) is 13.6 Å². The first-order valence-corrected chi connectivity index (χ1v) is 9.68. The zero-order valence-electron chi connectivity index (χ0n) is 13.7. The maximum Gasteiger partial charge on any atom is 0.235 e. The van der Waals surface area contributed by atoms with Crippen LogP contribution < -0.4 is 5.32 Å². The third-order valence-corrected chi connectivity index (χ3v) is 5.39. The van der Waals surface area contributed by atoms with Crippen LogP contribution in [-0.4, -0.2) is 63.0 Å². The number of hydrogen-bond acceptors (Lipinski definition) is 5. The number of furan rings is 1. The average Bonchev–Trinajstić information content (AvgIpc) is 3.01. The lowest BCUT2D eigenvalue weighted by atomic mass is 10.1. The minimum atomic E-state index is -3.36. The number of hydrogen-bond donors (Lipinski definition) is 1. The SMILES string of the molecule is CN(CC(=O)NCC(c1ccco1)N1CCCCC1)S(C)(=O)=O. The number of sulfonamides is 1. The lowest BCUT2D eigenvalue weighted by Gasteiger charge is -2.33. The Hall–Kier alpha value is -1.38. The molecule has 8 heteroatoms. The Morgan fingerprint density at radius 1 is 1.39 bits per heavy atom. The summed E-state index contributed by atoms with van der Waals surface area (Å²) in [4.78, 5) is 14.3. The van der Waals surface area contributed by atoms with Crippen molar-refractivity contribution in [3.63, 3.8) is 0 Å². The van der Waals surface area contributed by atoms with Gasteiger partial charge < -0.3 is 9.73 Å². The van der Waals surface area contributed by atoms with Crippen molar-refractivity contribution < 1.29 is 17.6 Å². The minimum Gasteiger partial charge on any atom is -0.468 e. The molecule has 1 aliphatic rings. The number of amides is 1. The zero-order valence-corrected chi connectivity index (χ0v) is 14.5. The smallest absolute Gasteiger partial charge is 0.235 e. The average molecular weight is 343 g/mol. The normalized spacial score (nSPS) is 18.0. The molecule has 1 atom stereocenters. The molecule has 0 saturated carbocycles. The molecular formula is C15H25N3O4S. The first kappa shape index (κ1) is 18.0.